The minimum atomic E-state index is -0.104. The quantitative estimate of drug-likeness (QED) is 0.671. The number of methoxy groups -OCH3 is 3. The van der Waals surface area contributed by atoms with Crippen molar-refractivity contribution in [1.82, 2.24) is 0 Å². The highest BCUT2D eigenvalue weighted by molar-refractivity contribution is 6.13. The van der Waals surface area contributed by atoms with E-state index in [9.17, 15) is 4.79 Å². The first-order valence-electron chi connectivity index (χ1n) is 8.85. The summed E-state index contributed by atoms with van der Waals surface area (Å²) in [4.78, 5) is 13.3. The van der Waals surface area contributed by atoms with Crippen LogP contribution in [0.1, 0.15) is 21.5 Å². The van der Waals surface area contributed by atoms with Crippen LogP contribution < -0.4 is 18.9 Å². The molecular formula is C23H20O5. The second-order valence-electron chi connectivity index (χ2n) is 6.43. The first kappa shape index (κ1) is 17.9. The van der Waals surface area contributed by atoms with Crippen LogP contribution in [0.2, 0.25) is 0 Å². The lowest BCUT2D eigenvalue weighted by atomic mass is 9.94. The van der Waals surface area contributed by atoms with E-state index in [-0.39, 0.29) is 5.78 Å². The fourth-order valence-corrected chi connectivity index (χ4v) is 3.35. The van der Waals surface area contributed by atoms with E-state index in [1.807, 2.05) is 42.5 Å². The molecule has 0 aliphatic carbocycles. The Hall–Kier alpha value is -3.47. The van der Waals surface area contributed by atoms with Gasteiger partial charge < -0.3 is 18.9 Å². The predicted octanol–water partition coefficient (Wildman–Crippen LogP) is 4.50. The molecule has 0 saturated carbocycles. The molecule has 0 bridgehead atoms. The van der Waals surface area contributed by atoms with Crippen LogP contribution in [0.5, 0.6) is 23.0 Å². The highest BCUT2D eigenvalue weighted by Gasteiger charge is 2.25. The summed E-state index contributed by atoms with van der Waals surface area (Å²) in [7, 11) is 4.73. The lowest BCUT2D eigenvalue weighted by molar-refractivity contribution is 0.103. The summed E-state index contributed by atoms with van der Waals surface area (Å²) in [5, 5.41) is 0. The van der Waals surface area contributed by atoms with Gasteiger partial charge in [-0.3, -0.25) is 4.79 Å². The van der Waals surface area contributed by atoms with E-state index < -0.39 is 0 Å². The van der Waals surface area contributed by atoms with Gasteiger partial charge in [-0.1, -0.05) is 24.3 Å². The van der Waals surface area contributed by atoms with E-state index in [2.05, 4.69) is 0 Å². The van der Waals surface area contributed by atoms with Gasteiger partial charge in [0.05, 0.1) is 26.9 Å². The van der Waals surface area contributed by atoms with E-state index >= 15 is 0 Å². The Balaban J connectivity index is 1.81. The fraction of sp³-hybridized carbons (Fsp3) is 0.174. The molecule has 0 saturated heterocycles. The number of hydrogen-bond donors (Lipinski definition) is 0. The van der Waals surface area contributed by atoms with Crippen molar-refractivity contribution in [3.05, 3.63) is 71.3 Å². The van der Waals surface area contributed by atoms with Crippen molar-refractivity contribution in [3.63, 3.8) is 0 Å². The van der Waals surface area contributed by atoms with Crippen molar-refractivity contribution >= 4 is 5.78 Å². The number of carbonyl (C=O) groups excluding carboxylic acids is 1. The molecule has 142 valence electrons. The van der Waals surface area contributed by atoms with Gasteiger partial charge in [-0.2, -0.15) is 0 Å². The molecule has 5 heteroatoms. The molecule has 0 fully saturated rings. The normalized spacial score (nSPS) is 12.3. The summed E-state index contributed by atoms with van der Waals surface area (Å²) in [5.74, 6) is 2.17. The average Bonchev–Trinajstić information content (AvgIpc) is 2.89. The summed E-state index contributed by atoms with van der Waals surface area (Å²) < 4.78 is 21.9. The monoisotopic (exact) mass is 376 g/mol. The van der Waals surface area contributed by atoms with Gasteiger partial charge in [0.15, 0.2) is 17.3 Å². The van der Waals surface area contributed by atoms with Gasteiger partial charge >= 0.3 is 0 Å². The second kappa shape index (κ2) is 7.27. The first-order valence-corrected chi connectivity index (χ1v) is 8.85. The Labute approximate surface area is 163 Å². The van der Waals surface area contributed by atoms with Crippen LogP contribution >= 0.6 is 0 Å². The Morgan fingerprint density at radius 2 is 1.54 bits per heavy atom. The Morgan fingerprint density at radius 1 is 0.786 bits per heavy atom. The summed E-state index contributed by atoms with van der Waals surface area (Å²) in [6.07, 6.45) is 0. The third kappa shape index (κ3) is 3.05. The van der Waals surface area contributed by atoms with Crippen molar-refractivity contribution in [3.8, 4) is 34.1 Å². The van der Waals surface area contributed by atoms with E-state index in [1.165, 1.54) is 0 Å². The largest absolute Gasteiger partial charge is 0.497 e. The molecule has 0 N–H and O–H groups in total. The zero-order valence-corrected chi connectivity index (χ0v) is 15.9. The molecule has 0 aromatic heterocycles. The van der Waals surface area contributed by atoms with Crippen LogP contribution in [0.15, 0.2) is 54.6 Å². The van der Waals surface area contributed by atoms with Gasteiger partial charge in [-0.15, -0.1) is 0 Å². The third-order valence-electron chi connectivity index (χ3n) is 4.87. The second-order valence-corrected chi connectivity index (χ2v) is 6.43. The van der Waals surface area contributed by atoms with E-state index in [4.69, 9.17) is 18.9 Å². The summed E-state index contributed by atoms with van der Waals surface area (Å²) in [6.45, 7) is 0.307. The molecule has 0 radical (unpaired) electrons. The van der Waals surface area contributed by atoms with Gasteiger partial charge in [-0.25, -0.2) is 0 Å². The molecule has 28 heavy (non-hydrogen) atoms. The summed E-state index contributed by atoms with van der Waals surface area (Å²) in [5.41, 5.74) is 3.83. The maximum absolute atomic E-state index is 13.3. The standard InChI is InChI=1S/C23H20O5/c1-25-17-6-4-5-14(9-17)15-7-8-16-13-28-20-12-22(27-3)21(26-2)11-19(20)23(24)18(16)10-15/h4-12H,13H2,1-3H3. The Kier molecular flexibility index (Phi) is 4.65. The van der Waals surface area contributed by atoms with E-state index in [0.717, 1.165) is 22.4 Å². The predicted molar refractivity (Wildman–Crippen MR) is 106 cm³/mol. The Bertz CT molecular complexity index is 1050. The highest BCUT2D eigenvalue weighted by atomic mass is 16.5. The number of ether oxygens (including phenoxy) is 4. The van der Waals surface area contributed by atoms with Crippen LogP contribution in [0.4, 0.5) is 0 Å². The molecule has 4 rings (SSSR count). The first-order chi connectivity index (χ1) is 13.6. The van der Waals surface area contributed by atoms with Crippen LogP contribution in [0.25, 0.3) is 11.1 Å². The molecule has 1 aliphatic rings. The lowest BCUT2D eigenvalue weighted by Crippen LogP contribution is -2.04. The number of carbonyl (C=O) groups is 1. The van der Waals surface area contributed by atoms with Gasteiger partial charge in [0.1, 0.15) is 18.1 Å². The Morgan fingerprint density at radius 3 is 2.29 bits per heavy atom. The zero-order valence-electron chi connectivity index (χ0n) is 15.9. The smallest absolute Gasteiger partial charge is 0.197 e. The van der Waals surface area contributed by atoms with Crippen LogP contribution in [-0.2, 0) is 6.61 Å². The van der Waals surface area contributed by atoms with Crippen molar-refractivity contribution in [2.24, 2.45) is 0 Å². The molecule has 0 atom stereocenters. The molecule has 0 spiro atoms. The van der Waals surface area contributed by atoms with Crippen LogP contribution in [0, 0.1) is 0 Å². The fourth-order valence-electron chi connectivity index (χ4n) is 3.35. The molecule has 1 heterocycles. The highest BCUT2D eigenvalue weighted by Crippen LogP contribution is 2.39. The maximum Gasteiger partial charge on any atom is 0.197 e. The van der Waals surface area contributed by atoms with Gasteiger partial charge in [0, 0.05) is 17.2 Å². The summed E-state index contributed by atoms with van der Waals surface area (Å²) in [6, 6.07) is 16.9. The van der Waals surface area contributed by atoms with Crippen molar-refractivity contribution in [1.29, 1.82) is 0 Å². The molecule has 0 amide bonds. The molecular weight excluding hydrogens is 356 g/mol. The third-order valence-corrected chi connectivity index (χ3v) is 4.87. The number of fused-ring (bicyclic) bond motifs is 2. The molecule has 3 aromatic carbocycles. The van der Waals surface area contributed by atoms with Crippen molar-refractivity contribution in [2.75, 3.05) is 21.3 Å². The van der Waals surface area contributed by atoms with Gasteiger partial charge in [0.25, 0.3) is 0 Å². The van der Waals surface area contributed by atoms with Crippen molar-refractivity contribution < 1.29 is 23.7 Å². The number of benzene rings is 3. The molecule has 5 nitrogen and oxygen atoms in total. The SMILES string of the molecule is COc1cccc(-c2ccc3c(c2)C(=O)c2cc(OC)c(OC)cc2OC3)c1. The van der Waals surface area contributed by atoms with E-state index in [1.54, 1.807) is 33.5 Å². The molecule has 3 aromatic rings. The lowest BCUT2D eigenvalue weighted by Gasteiger charge is -2.12. The van der Waals surface area contributed by atoms with E-state index in [0.29, 0.717) is 35.0 Å². The topological polar surface area (TPSA) is 54.0 Å². The number of ketones is 1. The number of rotatable bonds is 4. The molecule has 0 unspecified atom stereocenters. The maximum atomic E-state index is 13.3. The molecule has 1 aliphatic heterocycles. The zero-order chi connectivity index (χ0) is 19.7. The van der Waals surface area contributed by atoms with Gasteiger partial charge in [0.2, 0.25) is 0 Å². The minimum absolute atomic E-state index is 0.104. The summed E-state index contributed by atoms with van der Waals surface area (Å²) >= 11 is 0. The van der Waals surface area contributed by atoms with Gasteiger partial charge in [-0.05, 0) is 35.4 Å². The van der Waals surface area contributed by atoms with Crippen LogP contribution in [0.3, 0.4) is 0 Å². The number of hydrogen-bond acceptors (Lipinski definition) is 5. The average molecular weight is 376 g/mol. The van der Waals surface area contributed by atoms with Crippen LogP contribution in [-0.4, -0.2) is 27.1 Å². The van der Waals surface area contributed by atoms with Crippen molar-refractivity contribution in [2.45, 2.75) is 6.61 Å². The minimum Gasteiger partial charge on any atom is -0.497 e.